The number of anilines is 1. The monoisotopic (exact) mass is 229 g/mol. The Hall–Kier alpha value is -1.20. The van der Waals surface area contributed by atoms with Gasteiger partial charge in [0.1, 0.15) is 5.82 Å². The van der Waals surface area contributed by atoms with Gasteiger partial charge in [0.2, 0.25) is 0 Å². The molecule has 0 fully saturated rings. The van der Waals surface area contributed by atoms with Gasteiger partial charge in [-0.3, -0.25) is 0 Å². The maximum Gasteiger partial charge on any atom is 0.200 e. The Morgan fingerprint density at radius 1 is 1.43 bits per heavy atom. The Morgan fingerprint density at radius 3 is 2.79 bits per heavy atom. The second-order valence-corrected chi connectivity index (χ2v) is 3.77. The number of benzene rings is 1. The van der Waals surface area contributed by atoms with E-state index in [2.05, 4.69) is 9.36 Å². The van der Waals surface area contributed by atoms with Crippen LogP contribution in [0.25, 0.3) is 11.4 Å². The highest BCUT2D eigenvalue weighted by molar-refractivity contribution is 7.09. The summed E-state index contributed by atoms with van der Waals surface area (Å²) in [6.45, 7) is 0. The molecule has 3 nitrogen and oxygen atoms in total. The standard InChI is InChI=1S/C8H5ClFN3S/c9-6-3-4(10)1-2-5(6)7-12-8(11)14-13-7/h1-3H,(H2,11,12,13). The fourth-order valence-corrected chi connectivity index (χ4v) is 1.71. The Bertz CT molecular complexity index is 471. The van der Waals surface area contributed by atoms with Crippen LogP contribution >= 0.6 is 23.1 Å². The molecule has 2 N–H and O–H groups in total. The lowest BCUT2D eigenvalue weighted by Gasteiger charge is -1.98. The van der Waals surface area contributed by atoms with E-state index in [-0.39, 0.29) is 10.8 Å². The molecule has 0 aliphatic carbocycles. The molecule has 1 aromatic heterocycles. The normalized spacial score (nSPS) is 10.4. The van der Waals surface area contributed by atoms with Crippen LogP contribution in [0.3, 0.4) is 0 Å². The maximum absolute atomic E-state index is 12.7. The molecule has 72 valence electrons. The van der Waals surface area contributed by atoms with E-state index in [4.69, 9.17) is 17.3 Å². The van der Waals surface area contributed by atoms with Crippen LogP contribution in [0.2, 0.25) is 5.02 Å². The fourth-order valence-electron chi connectivity index (χ4n) is 1.02. The summed E-state index contributed by atoms with van der Waals surface area (Å²) < 4.78 is 16.7. The summed E-state index contributed by atoms with van der Waals surface area (Å²) in [4.78, 5) is 3.95. The Labute approximate surface area is 88.5 Å². The van der Waals surface area contributed by atoms with Gasteiger partial charge in [0.05, 0.1) is 5.02 Å². The van der Waals surface area contributed by atoms with Gasteiger partial charge in [-0.1, -0.05) is 11.6 Å². The highest BCUT2D eigenvalue weighted by Gasteiger charge is 2.09. The van der Waals surface area contributed by atoms with Crippen molar-refractivity contribution in [2.75, 3.05) is 5.73 Å². The van der Waals surface area contributed by atoms with E-state index in [9.17, 15) is 4.39 Å². The molecule has 0 saturated heterocycles. The number of rotatable bonds is 1. The van der Waals surface area contributed by atoms with E-state index in [0.717, 1.165) is 11.5 Å². The summed E-state index contributed by atoms with van der Waals surface area (Å²) in [5.74, 6) is 0.0412. The first-order chi connectivity index (χ1) is 6.66. The second kappa shape index (κ2) is 3.51. The Balaban J connectivity index is 2.52. The number of hydrogen-bond donors (Lipinski definition) is 1. The van der Waals surface area contributed by atoms with Gasteiger partial charge in [-0.2, -0.15) is 9.36 Å². The average molecular weight is 230 g/mol. The van der Waals surface area contributed by atoms with Crippen molar-refractivity contribution in [1.82, 2.24) is 9.36 Å². The number of nitrogens with zero attached hydrogens (tertiary/aromatic N) is 2. The van der Waals surface area contributed by atoms with E-state index >= 15 is 0 Å². The lowest BCUT2D eigenvalue weighted by Crippen LogP contribution is -1.85. The molecule has 6 heteroatoms. The molecule has 0 amide bonds. The van der Waals surface area contributed by atoms with E-state index in [1.54, 1.807) is 0 Å². The first kappa shape index (κ1) is 9.36. The molecule has 0 atom stereocenters. The fraction of sp³-hybridized carbons (Fsp3) is 0. The van der Waals surface area contributed by atoms with Gasteiger partial charge in [-0.15, -0.1) is 0 Å². The number of halogens is 2. The van der Waals surface area contributed by atoms with E-state index in [1.807, 2.05) is 0 Å². The summed E-state index contributed by atoms with van der Waals surface area (Å²) in [6.07, 6.45) is 0. The van der Waals surface area contributed by atoms with Crippen molar-refractivity contribution in [1.29, 1.82) is 0 Å². The summed E-state index contributed by atoms with van der Waals surface area (Å²) in [6, 6.07) is 4.05. The molecule has 1 heterocycles. The summed E-state index contributed by atoms with van der Waals surface area (Å²) >= 11 is 6.89. The minimum absolute atomic E-state index is 0.280. The van der Waals surface area contributed by atoms with E-state index < -0.39 is 0 Å². The Kier molecular flexibility index (Phi) is 2.35. The number of aromatic nitrogens is 2. The van der Waals surface area contributed by atoms with Crippen molar-refractivity contribution in [3.05, 3.63) is 29.0 Å². The van der Waals surface area contributed by atoms with Crippen LogP contribution in [0, 0.1) is 5.82 Å². The molecule has 0 spiro atoms. The summed E-state index contributed by atoms with van der Waals surface area (Å²) in [5.41, 5.74) is 6.01. The van der Waals surface area contributed by atoms with Crippen LogP contribution in [0.15, 0.2) is 18.2 Å². The molecular weight excluding hydrogens is 225 g/mol. The SMILES string of the molecule is Nc1nc(-c2ccc(F)cc2Cl)ns1. The van der Waals surface area contributed by atoms with Crippen LogP contribution in [0.4, 0.5) is 9.52 Å². The first-order valence-electron chi connectivity index (χ1n) is 3.71. The zero-order valence-corrected chi connectivity index (χ0v) is 8.44. The van der Waals surface area contributed by atoms with Gasteiger partial charge in [0.25, 0.3) is 0 Å². The zero-order chi connectivity index (χ0) is 10.1. The van der Waals surface area contributed by atoms with Crippen LogP contribution in [0.1, 0.15) is 0 Å². The van der Waals surface area contributed by atoms with Crippen molar-refractivity contribution >= 4 is 28.3 Å². The van der Waals surface area contributed by atoms with Gasteiger partial charge in [-0.25, -0.2) is 4.39 Å². The Morgan fingerprint density at radius 2 is 2.21 bits per heavy atom. The maximum atomic E-state index is 12.7. The minimum atomic E-state index is -0.387. The van der Waals surface area contributed by atoms with Crippen molar-refractivity contribution in [3.8, 4) is 11.4 Å². The topological polar surface area (TPSA) is 51.8 Å². The van der Waals surface area contributed by atoms with Crippen molar-refractivity contribution in [3.63, 3.8) is 0 Å². The largest absolute Gasteiger partial charge is 0.374 e. The molecule has 0 unspecified atom stereocenters. The van der Waals surface area contributed by atoms with E-state index in [0.29, 0.717) is 16.5 Å². The van der Waals surface area contributed by atoms with Gasteiger partial charge in [0, 0.05) is 17.1 Å². The first-order valence-corrected chi connectivity index (χ1v) is 4.86. The second-order valence-electron chi connectivity index (χ2n) is 2.58. The average Bonchev–Trinajstić information content (AvgIpc) is 2.51. The molecule has 0 radical (unpaired) electrons. The van der Waals surface area contributed by atoms with Gasteiger partial charge < -0.3 is 5.73 Å². The predicted molar refractivity (Wildman–Crippen MR) is 54.7 cm³/mol. The predicted octanol–water partition coefficient (Wildman–Crippen LogP) is 2.58. The summed E-state index contributed by atoms with van der Waals surface area (Å²) in [5, 5.41) is 0.642. The molecule has 0 aliphatic rings. The molecule has 0 aliphatic heterocycles. The lowest BCUT2D eigenvalue weighted by molar-refractivity contribution is 0.628. The molecule has 0 saturated carbocycles. The number of nitrogens with two attached hydrogens (primary N) is 1. The lowest BCUT2D eigenvalue weighted by atomic mass is 10.2. The van der Waals surface area contributed by atoms with Gasteiger partial charge >= 0.3 is 0 Å². The van der Waals surface area contributed by atoms with Crippen molar-refractivity contribution in [2.45, 2.75) is 0 Å². The van der Waals surface area contributed by atoms with Crippen LogP contribution < -0.4 is 5.73 Å². The van der Waals surface area contributed by atoms with Crippen molar-refractivity contribution in [2.24, 2.45) is 0 Å². The smallest absolute Gasteiger partial charge is 0.200 e. The summed E-state index contributed by atoms with van der Waals surface area (Å²) in [7, 11) is 0. The molecule has 2 aromatic rings. The molecule has 14 heavy (non-hydrogen) atoms. The third-order valence-corrected chi connectivity index (χ3v) is 2.47. The third-order valence-electron chi connectivity index (χ3n) is 1.61. The molecule has 0 bridgehead atoms. The van der Waals surface area contributed by atoms with E-state index in [1.165, 1.54) is 18.2 Å². The number of hydrogen-bond acceptors (Lipinski definition) is 4. The molecule has 2 rings (SSSR count). The zero-order valence-electron chi connectivity index (χ0n) is 6.87. The van der Waals surface area contributed by atoms with Crippen LogP contribution in [-0.2, 0) is 0 Å². The van der Waals surface area contributed by atoms with Gasteiger partial charge in [0.15, 0.2) is 11.0 Å². The minimum Gasteiger partial charge on any atom is -0.374 e. The van der Waals surface area contributed by atoms with Crippen LogP contribution in [0.5, 0.6) is 0 Å². The molecule has 1 aromatic carbocycles. The van der Waals surface area contributed by atoms with Crippen LogP contribution in [-0.4, -0.2) is 9.36 Å². The van der Waals surface area contributed by atoms with Crippen molar-refractivity contribution < 1.29 is 4.39 Å². The van der Waals surface area contributed by atoms with Gasteiger partial charge in [-0.05, 0) is 18.2 Å². The third kappa shape index (κ3) is 1.69. The quantitative estimate of drug-likeness (QED) is 0.818. The highest BCUT2D eigenvalue weighted by atomic mass is 35.5. The molecular formula is C8H5ClFN3S. The highest BCUT2D eigenvalue weighted by Crippen LogP contribution is 2.27. The number of nitrogen functional groups attached to an aromatic ring is 1.